The van der Waals surface area contributed by atoms with Gasteiger partial charge in [-0.05, 0) is 51.5 Å². The molecule has 0 aliphatic carbocycles. The lowest BCUT2D eigenvalue weighted by atomic mass is 10.1. The highest BCUT2D eigenvalue weighted by Crippen LogP contribution is 2.16. The monoisotopic (exact) mass is 349 g/mol. The molecule has 0 saturated heterocycles. The summed E-state index contributed by atoms with van der Waals surface area (Å²) in [7, 11) is 0. The third-order valence-corrected chi connectivity index (χ3v) is 4.28. The van der Waals surface area contributed by atoms with E-state index < -0.39 is 0 Å². The molecular formula is C19H28ClN3O. The number of hydrogen-bond acceptors (Lipinski definition) is 3. The summed E-state index contributed by atoms with van der Waals surface area (Å²) in [5.41, 5.74) is 1.56. The maximum Gasteiger partial charge on any atom is 0.252 e. The van der Waals surface area contributed by atoms with Crippen LogP contribution in [0.3, 0.4) is 0 Å². The number of pyridine rings is 1. The molecule has 0 saturated carbocycles. The number of halogens is 1. The Kier molecular flexibility index (Phi) is 8.72. The lowest BCUT2D eigenvalue weighted by Gasteiger charge is -2.20. The van der Waals surface area contributed by atoms with Gasteiger partial charge in [0, 0.05) is 17.6 Å². The van der Waals surface area contributed by atoms with Crippen molar-refractivity contribution in [3.8, 4) is 0 Å². The Morgan fingerprint density at radius 3 is 2.62 bits per heavy atom. The van der Waals surface area contributed by atoms with E-state index in [9.17, 15) is 4.79 Å². The molecule has 1 N–H and O–H groups in total. The maximum atomic E-state index is 12.5. The minimum Gasteiger partial charge on any atom is -0.350 e. The number of para-hydroxylation sites is 1. The summed E-state index contributed by atoms with van der Waals surface area (Å²) in [5, 5.41) is 4.02. The van der Waals surface area contributed by atoms with Gasteiger partial charge in [-0.15, -0.1) is 12.4 Å². The molecule has 0 radical (unpaired) electrons. The molecule has 0 aliphatic heterocycles. The van der Waals surface area contributed by atoms with Crippen LogP contribution in [0.1, 0.15) is 44.0 Å². The molecular weight excluding hydrogens is 322 g/mol. The lowest BCUT2D eigenvalue weighted by Crippen LogP contribution is -2.33. The summed E-state index contributed by atoms with van der Waals surface area (Å²) in [6.07, 6.45) is 3.79. The molecule has 1 atom stereocenters. The first-order chi connectivity index (χ1) is 11.2. The van der Waals surface area contributed by atoms with Crippen LogP contribution in [0.25, 0.3) is 10.9 Å². The van der Waals surface area contributed by atoms with Crippen molar-refractivity contribution in [1.82, 2.24) is 15.2 Å². The summed E-state index contributed by atoms with van der Waals surface area (Å²) in [6.45, 7) is 9.70. The predicted molar refractivity (Wildman–Crippen MR) is 103 cm³/mol. The van der Waals surface area contributed by atoms with E-state index in [1.165, 1.54) is 0 Å². The Bertz CT molecular complexity index is 638. The van der Waals surface area contributed by atoms with Crippen LogP contribution in [0.2, 0.25) is 0 Å². The van der Waals surface area contributed by atoms with Crippen molar-refractivity contribution in [1.29, 1.82) is 0 Å². The number of hydrogen-bond donors (Lipinski definition) is 1. The first kappa shape index (κ1) is 20.4. The topological polar surface area (TPSA) is 45.2 Å². The summed E-state index contributed by atoms with van der Waals surface area (Å²) in [6, 6.07) is 9.72. The zero-order valence-electron chi connectivity index (χ0n) is 14.8. The van der Waals surface area contributed by atoms with Crippen molar-refractivity contribution in [3.05, 3.63) is 42.1 Å². The molecule has 4 nitrogen and oxygen atoms in total. The van der Waals surface area contributed by atoms with Crippen molar-refractivity contribution in [2.45, 2.75) is 39.7 Å². The third-order valence-electron chi connectivity index (χ3n) is 4.28. The number of nitrogens with one attached hydrogen (secondary N) is 1. The normalized spacial score (nSPS) is 12.0. The van der Waals surface area contributed by atoms with Gasteiger partial charge >= 0.3 is 0 Å². The smallest absolute Gasteiger partial charge is 0.252 e. The molecule has 2 rings (SSSR count). The van der Waals surface area contributed by atoms with E-state index in [1.54, 1.807) is 12.3 Å². The second kappa shape index (κ2) is 10.3. The largest absolute Gasteiger partial charge is 0.350 e. The van der Waals surface area contributed by atoms with Gasteiger partial charge in [-0.2, -0.15) is 0 Å². The number of aromatic nitrogens is 1. The second-order valence-electron chi connectivity index (χ2n) is 5.92. The highest BCUT2D eigenvalue weighted by Gasteiger charge is 2.13. The average molecular weight is 350 g/mol. The predicted octanol–water partition coefficient (Wildman–Crippen LogP) is 3.90. The van der Waals surface area contributed by atoms with Gasteiger partial charge in [-0.3, -0.25) is 9.78 Å². The molecule has 0 fully saturated rings. The Morgan fingerprint density at radius 1 is 1.21 bits per heavy atom. The van der Waals surface area contributed by atoms with Crippen LogP contribution in [0, 0.1) is 0 Å². The molecule has 0 aliphatic rings. The highest BCUT2D eigenvalue weighted by atomic mass is 35.5. The SMILES string of the molecule is CCN(CC)CCCC(C)NC(=O)c1ccnc2ccccc12.Cl. The van der Waals surface area contributed by atoms with Gasteiger partial charge in [-0.1, -0.05) is 32.0 Å². The Balaban J connectivity index is 0.00000288. The van der Waals surface area contributed by atoms with Crippen molar-refractivity contribution >= 4 is 29.2 Å². The second-order valence-corrected chi connectivity index (χ2v) is 5.92. The van der Waals surface area contributed by atoms with Gasteiger partial charge in [0.1, 0.15) is 0 Å². The fourth-order valence-corrected chi connectivity index (χ4v) is 2.83. The molecule has 1 aromatic heterocycles. The summed E-state index contributed by atoms with van der Waals surface area (Å²) < 4.78 is 0. The number of fused-ring (bicyclic) bond motifs is 1. The number of carbonyl (C=O) groups is 1. The summed E-state index contributed by atoms with van der Waals surface area (Å²) in [5.74, 6) is -0.0149. The fourth-order valence-electron chi connectivity index (χ4n) is 2.83. The molecule has 1 unspecified atom stereocenters. The standard InChI is InChI=1S/C19H27N3O.ClH/c1-4-22(5-2)14-8-9-15(3)21-19(23)17-12-13-20-18-11-7-6-10-16(17)18;/h6-7,10-13,15H,4-5,8-9,14H2,1-3H3,(H,21,23);1H. The van der Waals surface area contributed by atoms with Gasteiger partial charge < -0.3 is 10.2 Å². The van der Waals surface area contributed by atoms with Crippen LogP contribution in [0.15, 0.2) is 36.5 Å². The van der Waals surface area contributed by atoms with E-state index in [0.29, 0.717) is 5.56 Å². The molecule has 0 spiro atoms. The summed E-state index contributed by atoms with van der Waals surface area (Å²) >= 11 is 0. The van der Waals surface area contributed by atoms with E-state index in [2.05, 4.69) is 36.0 Å². The van der Waals surface area contributed by atoms with Gasteiger partial charge in [0.2, 0.25) is 0 Å². The average Bonchev–Trinajstić information content (AvgIpc) is 2.58. The third kappa shape index (κ3) is 5.46. The Labute approximate surface area is 151 Å². The van der Waals surface area contributed by atoms with E-state index in [-0.39, 0.29) is 24.4 Å². The van der Waals surface area contributed by atoms with Crippen molar-refractivity contribution in [3.63, 3.8) is 0 Å². The van der Waals surface area contributed by atoms with Gasteiger partial charge in [0.05, 0.1) is 11.1 Å². The van der Waals surface area contributed by atoms with Crippen LogP contribution in [0.5, 0.6) is 0 Å². The molecule has 24 heavy (non-hydrogen) atoms. The van der Waals surface area contributed by atoms with Crippen molar-refractivity contribution < 1.29 is 4.79 Å². The van der Waals surface area contributed by atoms with Crippen LogP contribution in [-0.4, -0.2) is 41.5 Å². The summed E-state index contributed by atoms with van der Waals surface area (Å²) in [4.78, 5) is 19.2. The zero-order chi connectivity index (χ0) is 16.7. The highest BCUT2D eigenvalue weighted by molar-refractivity contribution is 6.06. The lowest BCUT2D eigenvalue weighted by molar-refractivity contribution is 0.0939. The van der Waals surface area contributed by atoms with Crippen LogP contribution in [-0.2, 0) is 0 Å². The van der Waals surface area contributed by atoms with E-state index >= 15 is 0 Å². The molecule has 5 heteroatoms. The van der Waals surface area contributed by atoms with Crippen molar-refractivity contribution in [2.75, 3.05) is 19.6 Å². The first-order valence-corrected chi connectivity index (χ1v) is 8.52. The quantitative estimate of drug-likeness (QED) is 0.786. The van der Waals surface area contributed by atoms with Crippen LogP contribution >= 0.6 is 12.4 Å². The molecule has 1 aromatic carbocycles. The van der Waals surface area contributed by atoms with E-state index in [0.717, 1.165) is 43.4 Å². The van der Waals surface area contributed by atoms with Crippen LogP contribution in [0.4, 0.5) is 0 Å². The zero-order valence-corrected chi connectivity index (χ0v) is 15.6. The molecule has 132 valence electrons. The van der Waals surface area contributed by atoms with E-state index in [4.69, 9.17) is 0 Å². The molecule has 2 aromatic rings. The van der Waals surface area contributed by atoms with Crippen molar-refractivity contribution in [2.24, 2.45) is 0 Å². The van der Waals surface area contributed by atoms with Crippen LogP contribution < -0.4 is 5.32 Å². The molecule has 1 amide bonds. The number of nitrogens with zero attached hydrogens (tertiary/aromatic N) is 2. The Hall–Kier alpha value is -1.65. The van der Waals surface area contributed by atoms with Gasteiger partial charge in [0.25, 0.3) is 5.91 Å². The minimum absolute atomic E-state index is 0. The molecule has 1 heterocycles. The maximum absolute atomic E-state index is 12.5. The van der Waals surface area contributed by atoms with Gasteiger partial charge in [-0.25, -0.2) is 0 Å². The first-order valence-electron chi connectivity index (χ1n) is 8.52. The number of amides is 1. The number of carbonyl (C=O) groups excluding carboxylic acids is 1. The number of rotatable bonds is 8. The fraction of sp³-hybridized carbons (Fsp3) is 0.474. The molecule has 0 bridgehead atoms. The van der Waals surface area contributed by atoms with Gasteiger partial charge in [0.15, 0.2) is 0 Å². The minimum atomic E-state index is -0.0149. The Morgan fingerprint density at radius 2 is 1.92 bits per heavy atom. The van der Waals surface area contributed by atoms with E-state index in [1.807, 2.05) is 24.3 Å². The number of benzene rings is 1.